The van der Waals surface area contributed by atoms with Crippen molar-refractivity contribution in [3.8, 4) is 0 Å². The molecule has 1 aliphatic rings. The molecule has 0 aromatic carbocycles. The van der Waals surface area contributed by atoms with E-state index in [4.69, 9.17) is 0 Å². The highest BCUT2D eigenvalue weighted by Gasteiger charge is 2.17. The Bertz CT molecular complexity index is 419. The van der Waals surface area contributed by atoms with E-state index in [-0.39, 0.29) is 5.82 Å². The van der Waals surface area contributed by atoms with Crippen LogP contribution in [-0.4, -0.2) is 21.8 Å². The topological polar surface area (TPSA) is 37.8 Å². The van der Waals surface area contributed by atoms with E-state index in [9.17, 15) is 4.39 Å². The summed E-state index contributed by atoms with van der Waals surface area (Å²) in [4.78, 5) is 8.57. The summed E-state index contributed by atoms with van der Waals surface area (Å²) >= 11 is 1.91. The van der Waals surface area contributed by atoms with E-state index in [0.717, 1.165) is 29.8 Å². The molecule has 1 saturated carbocycles. The van der Waals surface area contributed by atoms with Gasteiger partial charge in [0.25, 0.3) is 0 Å². The highest BCUT2D eigenvalue weighted by atomic mass is 32.2. The van der Waals surface area contributed by atoms with E-state index in [0.29, 0.717) is 11.5 Å². The molecule has 1 fully saturated rings. The molecule has 1 aromatic heterocycles. The maximum Gasteiger partial charge on any atom is 0.186 e. The molecular weight excluding hydrogens is 261 g/mol. The molecule has 106 valence electrons. The fourth-order valence-corrected chi connectivity index (χ4v) is 3.47. The summed E-state index contributed by atoms with van der Waals surface area (Å²) in [7, 11) is 0. The van der Waals surface area contributed by atoms with E-state index in [1.807, 2.05) is 11.8 Å². The zero-order valence-electron chi connectivity index (χ0n) is 11.7. The minimum Gasteiger partial charge on any atom is -0.368 e. The second-order valence-electron chi connectivity index (χ2n) is 5.03. The first-order chi connectivity index (χ1) is 9.20. The summed E-state index contributed by atoms with van der Waals surface area (Å²) in [6.07, 6.45) is 6.22. The number of halogens is 1. The van der Waals surface area contributed by atoms with Crippen molar-refractivity contribution in [2.24, 2.45) is 0 Å². The largest absolute Gasteiger partial charge is 0.368 e. The summed E-state index contributed by atoms with van der Waals surface area (Å²) in [5.41, 5.74) is 0.440. The van der Waals surface area contributed by atoms with Crippen LogP contribution in [0.5, 0.6) is 0 Å². The Kier molecular flexibility index (Phi) is 5.43. The highest BCUT2D eigenvalue weighted by molar-refractivity contribution is 7.99. The van der Waals surface area contributed by atoms with Crippen molar-refractivity contribution in [2.75, 3.05) is 11.9 Å². The average Bonchev–Trinajstić information content (AvgIpc) is 2.91. The Morgan fingerprint density at radius 2 is 2.05 bits per heavy atom. The van der Waals surface area contributed by atoms with Gasteiger partial charge >= 0.3 is 0 Å². The van der Waals surface area contributed by atoms with Crippen LogP contribution in [0.1, 0.15) is 50.5 Å². The van der Waals surface area contributed by atoms with E-state index in [1.165, 1.54) is 25.7 Å². The van der Waals surface area contributed by atoms with Gasteiger partial charge in [-0.2, -0.15) is 11.8 Å². The lowest BCUT2D eigenvalue weighted by molar-refractivity contribution is 0.601. The van der Waals surface area contributed by atoms with E-state index >= 15 is 0 Å². The predicted octanol–water partition coefficient (Wildman–Crippen LogP) is 3.92. The molecule has 0 aliphatic heterocycles. The van der Waals surface area contributed by atoms with Gasteiger partial charge in [0.2, 0.25) is 0 Å². The van der Waals surface area contributed by atoms with Crippen LogP contribution in [0.15, 0.2) is 0 Å². The zero-order valence-corrected chi connectivity index (χ0v) is 12.5. The van der Waals surface area contributed by atoms with Crippen molar-refractivity contribution in [2.45, 2.75) is 57.0 Å². The van der Waals surface area contributed by atoms with Gasteiger partial charge in [-0.15, -0.1) is 0 Å². The van der Waals surface area contributed by atoms with Crippen LogP contribution >= 0.6 is 11.8 Å². The first kappa shape index (κ1) is 14.6. The first-order valence-corrected chi connectivity index (χ1v) is 8.14. The third-order valence-corrected chi connectivity index (χ3v) is 4.72. The quantitative estimate of drug-likeness (QED) is 0.858. The third-order valence-electron chi connectivity index (χ3n) is 3.36. The minimum atomic E-state index is -0.317. The van der Waals surface area contributed by atoms with Crippen molar-refractivity contribution in [3.05, 3.63) is 17.3 Å². The van der Waals surface area contributed by atoms with E-state index in [1.54, 1.807) is 6.92 Å². The van der Waals surface area contributed by atoms with Crippen LogP contribution in [0.25, 0.3) is 0 Å². The average molecular weight is 283 g/mol. The second-order valence-corrected chi connectivity index (χ2v) is 6.32. The first-order valence-electron chi connectivity index (χ1n) is 7.09. The van der Waals surface area contributed by atoms with Crippen LogP contribution in [0.2, 0.25) is 0 Å². The maximum atomic E-state index is 13.9. The number of hydrogen-bond acceptors (Lipinski definition) is 4. The van der Waals surface area contributed by atoms with Gasteiger partial charge in [-0.25, -0.2) is 14.4 Å². The van der Waals surface area contributed by atoms with Crippen LogP contribution in [0.3, 0.4) is 0 Å². The smallest absolute Gasteiger partial charge is 0.186 e. The Morgan fingerprint density at radius 3 is 2.74 bits per heavy atom. The predicted molar refractivity (Wildman–Crippen MR) is 79.1 cm³/mol. The van der Waals surface area contributed by atoms with Gasteiger partial charge in [-0.3, -0.25) is 0 Å². The summed E-state index contributed by atoms with van der Waals surface area (Å²) < 4.78 is 13.9. The summed E-state index contributed by atoms with van der Waals surface area (Å²) in [6.45, 7) is 4.50. The number of nitrogens with zero attached hydrogens (tertiary/aromatic N) is 2. The van der Waals surface area contributed by atoms with Crippen molar-refractivity contribution >= 4 is 17.6 Å². The molecule has 0 atom stereocenters. The molecule has 1 heterocycles. The highest BCUT2D eigenvalue weighted by Crippen LogP contribution is 2.31. The molecule has 0 bridgehead atoms. The monoisotopic (exact) mass is 283 g/mol. The summed E-state index contributed by atoms with van der Waals surface area (Å²) in [6, 6.07) is 0. The Labute approximate surface area is 118 Å². The molecule has 3 nitrogen and oxygen atoms in total. The number of thioether (sulfide) groups is 1. The molecule has 0 spiro atoms. The maximum absolute atomic E-state index is 13.9. The molecule has 19 heavy (non-hydrogen) atoms. The Morgan fingerprint density at radius 1 is 1.32 bits per heavy atom. The molecule has 0 saturated heterocycles. The normalized spacial score (nSPS) is 15.9. The number of aromatic nitrogens is 2. The van der Waals surface area contributed by atoms with Gasteiger partial charge in [0.05, 0.1) is 11.4 Å². The fraction of sp³-hybridized carbons (Fsp3) is 0.714. The molecule has 2 rings (SSSR count). The molecule has 0 radical (unpaired) electrons. The molecule has 0 amide bonds. The minimum absolute atomic E-state index is 0.317. The summed E-state index contributed by atoms with van der Waals surface area (Å²) in [5.74, 6) is 1.57. The van der Waals surface area contributed by atoms with Gasteiger partial charge in [-0.05, 0) is 26.2 Å². The number of anilines is 1. The van der Waals surface area contributed by atoms with Crippen molar-refractivity contribution in [1.82, 2.24) is 9.97 Å². The lowest BCUT2D eigenvalue weighted by atomic mass is 10.3. The number of rotatable bonds is 6. The Balaban J connectivity index is 2.00. The van der Waals surface area contributed by atoms with Crippen molar-refractivity contribution < 1.29 is 4.39 Å². The van der Waals surface area contributed by atoms with Crippen LogP contribution in [0.4, 0.5) is 10.2 Å². The van der Waals surface area contributed by atoms with Crippen molar-refractivity contribution in [3.63, 3.8) is 0 Å². The van der Waals surface area contributed by atoms with Gasteiger partial charge in [0.1, 0.15) is 5.82 Å². The number of aryl methyl sites for hydroxylation is 1. The van der Waals surface area contributed by atoms with Gasteiger partial charge in [-0.1, -0.05) is 19.8 Å². The van der Waals surface area contributed by atoms with Gasteiger partial charge in [0, 0.05) is 11.8 Å². The van der Waals surface area contributed by atoms with Crippen LogP contribution < -0.4 is 5.32 Å². The number of nitrogens with one attached hydrogen (secondary N) is 1. The lowest BCUT2D eigenvalue weighted by Crippen LogP contribution is -2.10. The van der Waals surface area contributed by atoms with Gasteiger partial charge in [0.15, 0.2) is 11.6 Å². The molecule has 5 heteroatoms. The van der Waals surface area contributed by atoms with E-state index < -0.39 is 0 Å². The van der Waals surface area contributed by atoms with E-state index in [2.05, 4.69) is 22.2 Å². The third kappa shape index (κ3) is 4.06. The van der Waals surface area contributed by atoms with Crippen LogP contribution in [-0.2, 0) is 5.75 Å². The zero-order chi connectivity index (χ0) is 13.7. The molecular formula is C14H22FN3S. The molecule has 0 unspecified atom stereocenters. The van der Waals surface area contributed by atoms with Crippen LogP contribution in [0, 0.1) is 12.7 Å². The van der Waals surface area contributed by atoms with Crippen molar-refractivity contribution in [1.29, 1.82) is 0 Å². The standard InChI is InChI=1S/C14H22FN3S/c1-3-8-16-14-13(15)10(2)17-12(18-14)9-19-11-6-4-5-7-11/h11H,3-9H2,1-2H3,(H,16,17,18). The SMILES string of the molecule is CCCNc1nc(CSC2CCCC2)nc(C)c1F. The lowest BCUT2D eigenvalue weighted by Gasteiger charge is -2.11. The summed E-state index contributed by atoms with van der Waals surface area (Å²) in [5, 5.41) is 3.77. The van der Waals surface area contributed by atoms with Gasteiger partial charge < -0.3 is 5.32 Å². The molecule has 1 aromatic rings. The Hall–Kier alpha value is -0.840. The second kappa shape index (κ2) is 7.08. The molecule has 1 N–H and O–H groups in total. The fourth-order valence-electron chi connectivity index (χ4n) is 2.29. The number of hydrogen-bond donors (Lipinski definition) is 1. The molecule has 1 aliphatic carbocycles.